The van der Waals surface area contributed by atoms with E-state index in [0.717, 1.165) is 12.1 Å². The number of aryl methyl sites for hydroxylation is 2. The standard InChI is InChI=1S/C11H13FN4O2S/c1-7-5-8(12)10(6-9(7)13)19(17,18)15-11-3-4-14-16(11)2/h3-6,15H,13H2,1-2H3. The van der Waals surface area contributed by atoms with Crippen LogP contribution in [0, 0.1) is 12.7 Å². The van der Waals surface area contributed by atoms with Gasteiger partial charge in [-0.15, -0.1) is 0 Å². The van der Waals surface area contributed by atoms with E-state index >= 15 is 0 Å². The molecule has 0 saturated heterocycles. The van der Waals surface area contributed by atoms with Gasteiger partial charge in [-0.25, -0.2) is 12.8 Å². The summed E-state index contributed by atoms with van der Waals surface area (Å²) < 4.78 is 41.5. The number of anilines is 2. The molecule has 1 aromatic heterocycles. The highest BCUT2D eigenvalue weighted by Gasteiger charge is 2.21. The molecule has 0 aliphatic rings. The van der Waals surface area contributed by atoms with Crippen LogP contribution in [0.25, 0.3) is 0 Å². The van der Waals surface area contributed by atoms with E-state index in [1.807, 2.05) is 0 Å². The van der Waals surface area contributed by atoms with Crippen molar-refractivity contribution in [3.63, 3.8) is 0 Å². The summed E-state index contributed by atoms with van der Waals surface area (Å²) in [5.74, 6) is -0.611. The summed E-state index contributed by atoms with van der Waals surface area (Å²) in [7, 11) is -2.47. The highest BCUT2D eigenvalue weighted by atomic mass is 32.2. The van der Waals surface area contributed by atoms with Gasteiger partial charge in [-0.2, -0.15) is 5.10 Å². The lowest BCUT2D eigenvalue weighted by molar-refractivity contribution is 0.569. The molecule has 8 heteroatoms. The molecule has 1 aromatic carbocycles. The predicted octanol–water partition coefficient (Wildman–Crippen LogP) is 1.25. The van der Waals surface area contributed by atoms with E-state index < -0.39 is 20.7 Å². The average Bonchev–Trinajstić information content (AvgIpc) is 2.69. The first-order chi connectivity index (χ1) is 8.81. The number of halogens is 1. The molecule has 0 atom stereocenters. The van der Waals surface area contributed by atoms with Crippen LogP contribution in [0.4, 0.5) is 15.9 Å². The Morgan fingerprint density at radius 3 is 2.68 bits per heavy atom. The van der Waals surface area contributed by atoms with Crippen LogP contribution in [0.5, 0.6) is 0 Å². The zero-order valence-corrected chi connectivity index (χ0v) is 11.2. The zero-order chi connectivity index (χ0) is 14.2. The quantitative estimate of drug-likeness (QED) is 0.830. The Morgan fingerprint density at radius 1 is 1.42 bits per heavy atom. The van der Waals surface area contributed by atoms with Gasteiger partial charge in [-0.05, 0) is 24.6 Å². The molecule has 1 heterocycles. The van der Waals surface area contributed by atoms with E-state index in [1.54, 1.807) is 14.0 Å². The third-order valence-corrected chi connectivity index (χ3v) is 4.04. The van der Waals surface area contributed by atoms with E-state index in [-0.39, 0.29) is 11.5 Å². The van der Waals surface area contributed by atoms with Gasteiger partial charge >= 0.3 is 0 Å². The minimum absolute atomic E-state index is 0.215. The van der Waals surface area contributed by atoms with Crippen molar-refractivity contribution in [2.45, 2.75) is 11.8 Å². The molecule has 0 saturated carbocycles. The van der Waals surface area contributed by atoms with Gasteiger partial charge in [0.2, 0.25) is 0 Å². The summed E-state index contributed by atoms with van der Waals surface area (Å²) >= 11 is 0. The molecule has 0 radical (unpaired) electrons. The van der Waals surface area contributed by atoms with Crippen LogP contribution >= 0.6 is 0 Å². The smallest absolute Gasteiger partial charge is 0.266 e. The molecule has 19 heavy (non-hydrogen) atoms. The lowest BCUT2D eigenvalue weighted by Gasteiger charge is -2.10. The second-order valence-corrected chi connectivity index (χ2v) is 5.74. The number of sulfonamides is 1. The van der Waals surface area contributed by atoms with Crippen LogP contribution in [0.3, 0.4) is 0 Å². The van der Waals surface area contributed by atoms with Crippen LogP contribution in [0.1, 0.15) is 5.56 Å². The van der Waals surface area contributed by atoms with Crippen molar-refractivity contribution in [2.24, 2.45) is 7.05 Å². The summed E-state index contributed by atoms with van der Waals surface area (Å²) in [5, 5.41) is 3.82. The fourth-order valence-corrected chi connectivity index (χ4v) is 2.72. The maximum Gasteiger partial charge on any atom is 0.266 e. The molecule has 0 aliphatic carbocycles. The Kier molecular flexibility index (Phi) is 3.19. The van der Waals surface area contributed by atoms with Crippen LogP contribution in [0.2, 0.25) is 0 Å². The van der Waals surface area contributed by atoms with Gasteiger partial charge in [0.25, 0.3) is 10.0 Å². The first-order valence-electron chi connectivity index (χ1n) is 5.37. The van der Waals surface area contributed by atoms with Gasteiger partial charge < -0.3 is 5.73 Å². The Labute approximate surface area is 110 Å². The van der Waals surface area contributed by atoms with E-state index in [2.05, 4.69) is 9.82 Å². The van der Waals surface area contributed by atoms with Crippen LogP contribution in [-0.2, 0) is 17.1 Å². The molecular formula is C11H13FN4O2S. The minimum Gasteiger partial charge on any atom is -0.398 e. The second kappa shape index (κ2) is 4.54. The van der Waals surface area contributed by atoms with Crippen molar-refractivity contribution in [2.75, 3.05) is 10.5 Å². The van der Waals surface area contributed by atoms with E-state index in [1.165, 1.54) is 16.9 Å². The fourth-order valence-electron chi connectivity index (χ4n) is 1.54. The lowest BCUT2D eigenvalue weighted by atomic mass is 10.2. The normalized spacial score (nSPS) is 11.5. The van der Waals surface area contributed by atoms with Gasteiger partial charge in [-0.1, -0.05) is 0 Å². The van der Waals surface area contributed by atoms with Crippen molar-refractivity contribution in [3.05, 3.63) is 35.8 Å². The number of aromatic nitrogens is 2. The maximum atomic E-state index is 13.8. The molecule has 2 rings (SSSR count). The summed E-state index contributed by atoms with van der Waals surface area (Å²) in [6, 6.07) is 3.66. The molecule has 2 aromatic rings. The van der Waals surface area contributed by atoms with Crippen molar-refractivity contribution >= 4 is 21.5 Å². The van der Waals surface area contributed by atoms with E-state index in [4.69, 9.17) is 5.73 Å². The number of nitrogens with two attached hydrogens (primary N) is 1. The van der Waals surface area contributed by atoms with E-state index in [0.29, 0.717) is 5.56 Å². The van der Waals surface area contributed by atoms with Gasteiger partial charge in [-0.3, -0.25) is 9.40 Å². The molecule has 102 valence electrons. The SMILES string of the molecule is Cc1cc(F)c(S(=O)(=O)Nc2ccnn2C)cc1N. The van der Waals surface area contributed by atoms with Crippen molar-refractivity contribution in [1.82, 2.24) is 9.78 Å². The molecule has 0 spiro atoms. The number of nitrogen functional groups attached to an aromatic ring is 1. The lowest BCUT2D eigenvalue weighted by Crippen LogP contribution is -2.17. The van der Waals surface area contributed by atoms with Crippen LogP contribution in [-0.4, -0.2) is 18.2 Å². The second-order valence-electron chi connectivity index (χ2n) is 4.08. The molecule has 3 N–H and O–H groups in total. The highest BCUT2D eigenvalue weighted by Crippen LogP contribution is 2.23. The van der Waals surface area contributed by atoms with Crippen molar-refractivity contribution < 1.29 is 12.8 Å². The summed E-state index contributed by atoms with van der Waals surface area (Å²) in [6.45, 7) is 1.60. The molecule has 6 nitrogen and oxygen atoms in total. The zero-order valence-electron chi connectivity index (χ0n) is 10.4. The Bertz CT molecular complexity index is 724. The third kappa shape index (κ3) is 2.53. The van der Waals surface area contributed by atoms with Gasteiger partial charge in [0.1, 0.15) is 16.5 Å². The van der Waals surface area contributed by atoms with Crippen molar-refractivity contribution in [1.29, 1.82) is 0 Å². The molecule has 0 aliphatic heterocycles. The number of nitrogens with one attached hydrogen (secondary N) is 1. The number of nitrogens with zero attached hydrogens (tertiary/aromatic N) is 2. The Balaban J connectivity index is 2.46. The molecule has 0 bridgehead atoms. The fraction of sp³-hybridized carbons (Fsp3) is 0.182. The predicted molar refractivity (Wildman–Crippen MR) is 69.6 cm³/mol. The van der Waals surface area contributed by atoms with E-state index in [9.17, 15) is 12.8 Å². The maximum absolute atomic E-state index is 13.8. The van der Waals surface area contributed by atoms with Crippen molar-refractivity contribution in [3.8, 4) is 0 Å². The topological polar surface area (TPSA) is 90.0 Å². The third-order valence-electron chi connectivity index (χ3n) is 2.67. The minimum atomic E-state index is -4.04. The Hall–Kier alpha value is -2.09. The summed E-state index contributed by atoms with van der Waals surface area (Å²) in [4.78, 5) is -0.489. The molecular weight excluding hydrogens is 271 g/mol. The number of benzene rings is 1. The number of hydrogen-bond donors (Lipinski definition) is 2. The van der Waals surface area contributed by atoms with Crippen LogP contribution in [0.15, 0.2) is 29.3 Å². The molecule has 0 amide bonds. The number of rotatable bonds is 3. The Morgan fingerprint density at radius 2 is 2.11 bits per heavy atom. The van der Waals surface area contributed by atoms with Crippen LogP contribution < -0.4 is 10.5 Å². The summed E-state index contributed by atoms with van der Waals surface area (Å²) in [6.07, 6.45) is 1.43. The highest BCUT2D eigenvalue weighted by molar-refractivity contribution is 7.92. The summed E-state index contributed by atoms with van der Waals surface area (Å²) in [5.41, 5.74) is 6.31. The monoisotopic (exact) mass is 284 g/mol. The first-order valence-corrected chi connectivity index (χ1v) is 6.86. The number of hydrogen-bond acceptors (Lipinski definition) is 4. The van der Waals surface area contributed by atoms with Gasteiger partial charge in [0, 0.05) is 18.8 Å². The molecule has 0 unspecified atom stereocenters. The molecule has 0 fully saturated rings. The van der Waals surface area contributed by atoms with Gasteiger partial charge in [0.15, 0.2) is 0 Å². The largest absolute Gasteiger partial charge is 0.398 e. The van der Waals surface area contributed by atoms with Gasteiger partial charge in [0.05, 0.1) is 6.20 Å². The first kappa shape index (κ1) is 13.3. The average molecular weight is 284 g/mol.